The van der Waals surface area contributed by atoms with Gasteiger partial charge in [0.05, 0.1) is 29.5 Å². The molecule has 3 aromatic rings. The largest absolute Gasteiger partial charge is 0.465 e. The molecule has 1 N–H and O–H groups in total. The molecular formula is C21H21N3O5S. The van der Waals surface area contributed by atoms with E-state index >= 15 is 0 Å². The van der Waals surface area contributed by atoms with E-state index in [9.17, 15) is 14.4 Å². The zero-order valence-electron chi connectivity index (χ0n) is 16.8. The van der Waals surface area contributed by atoms with Crippen molar-refractivity contribution in [3.05, 3.63) is 58.4 Å². The highest BCUT2D eigenvalue weighted by atomic mass is 32.1. The summed E-state index contributed by atoms with van der Waals surface area (Å²) in [4.78, 5) is 40.4. The number of nitrogens with zero attached hydrogens (tertiary/aromatic N) is 2. The van der Waals surface area contributed by atoms with Gasteiger partial charge in [-0.3, -0.25) is 9.59 Å². The summed E-state index contributed by atoms with van der Waals surface area (Å²) in [5.41, 5.74) is 2.28. The Bertz CT molecular complexity index is 1160. The second kappa shape index (κ2) is 9.47. The number of fused-ring (bicyclic) bond motifs is 1. The van der Waals surface area contributed by atoms with Crippen molar-refractivity contribution in [1.82, 2.24) is 4.57 Å². The Morgan fingerprint density at radius 3 is 2.40 bits per heavy atom. The molecule has 2 amide bonds. The predicted molar refractivity (Wildman–Crippen MR) is 114 cm³/mol. The molecule has 1 aromatic heterocycles. The summed E-state index contributed by atoms with van der Waals surface area (Å²) >= 11 is 1.34. The zero-order valence-corrected chi connectivity index (χ0v) is 17.6. The van der Waals surface area contributed by atoms with E-state index in [0.717, 1.165) is 10.2 Å². The number of carbonyl (C=O) groups excluding carboxylic acids is 3. The molecule has 0 spiro atoms. The number of rotatable bonds is 6. The molecule has 0 radical (unpaired) electrons. The van der Waals surface area contributed by atoms with Gasteiger partial charge < -0.3 is 19.4 Å². The van der Waals surface area contributed by atoms with Gasteiger partial charge in [0.2, 0.25) is 5.91 Å². The van der Waals surface area contributed by atoms with Crippen LogP contribution in [0.2, 0.25) is 0 Å². The molecule has 8 nitrogen and oxygen atoms in total. The highest BCUT2D eigenvalue weighted by Crippen LogP contribution is 2.22. The van der Waals surface area contributed by atoms with Crippen molar-refractivity contribution in [2.45, 2.75) is 13.5 Å². The van der Waals surface area contributed by atoms with Crippen LogP contribution in [-0.2, 0) is 20.8 Å². The van der Waals surface area contributed by atoms with Crippen molar-refractivity contribution in [2.75, 3.05) is 26.1 Å². The van der Waals surface area contributed by atoms with Gasteiger partial charge in [-0.15, -0.1) is 0 Å². The standard InChI is InChI=1S/C21H21N3O5S/c1-13(25)22-16-8-9-17-18(12-16)30-21(24(17)10-11-28-2)23-19(26)14-4-6-15(7-5-14)20(27)29-3/h4-9,12H,10-11H2,1-3H3,(H,22,25). The number of hydrogen-bond donors (Lipinski definition) is 1. The minimum Gasteiger partial charge on any atom is -0.465 e. The van der Waals surface area contributed by atoms with E-state index in [4.69, 9.17) is 4.74 Å². The van der Waals surface area contributed by atoms with Crippen molar-refractivity contribution < 1.29 is 23.9 Å². The van der Waals surface area contributed by atoms with Gasteiger partial charge in [0.25, 0.3) is 5.91 Å². The molecule has 0 saturated carbocycles. The Morgan fingerprint density at radius 1 is 1.07 bits per heavy atom. The lowest BCUT2D eigenvalue weighted by Gasteiger charge is -2.05. The summed E-state index contributed by atoms with van der Waals surface area (Å²) in [6.45, 7) is 2.42. The third-order valence-electron chi connectivity index (χ3n) is 4.27. The molecule has 0 fully saturated rings. The quantitative estimate of drug-likeness (QED) is 0.610. The van der Waals surface area contributed by atoms with Crippen molar-refractivity contribution in [2.24, 2.45) is 4.99 Å². The molecule has 156 valence electrons. The number of nitrogens with one attached hydrogen (secondary N) is 1. The number of carbonyl (C=O) groups is 3. The van der Waals surface area contributed by atoms with Crippen LogP contribution in [0, 0.1) is 0 Å². The van der Waals surface area contributed by atoms with Gasteiger partial charge >= 0.3 is 5.97 Å². The van der Waals surface area contributed by atoms with Crippen molar-refractivity contribution in [1.29, 1.82) is 0 Å². The maximum atomic E-state index is 12.7. The van der Waals surface area contributed by atoms with E-state index in [2.05, 4.69) is 15.0 Å². The van der Waals surface area contributed by atoms with Crippen LogP contribution in [0.1, 0.15) is 27.6 Å². The van der Waals surface area contributed by atoms with Crippen LogP contribution in [0.5, 0.6) is 0 Å². The third kappa shape index (κ3) is 4.81. The molecule has 0 aliphatic carbocycles. The summed E-state index contributed by atoms with van der Waals surface area (Å²) in [5, 5.41) is 2.75. The predicted octanol–water partition coefficient (Wildman–Crippen LogP) is 2.84. The summed E-state index contributed by atoms with van der Waals surface area (Å²) in [6.07, 6.45) is 0. The second-order valence-electron chi connectivity index (χ2n) is 6.38. The van der Waals surface area contributed by atoms with Crippen molar-refractivity contribution in [3.63, 3.8) is 0 Å². The molecule has 2 aromatic carbocycles. The first-order chi connectivity index (χ1) is 14.4. The van der Waals surface area contributed by atoms with Crippen LogP contribution in [0.3, 0.4) is 0 Å². The Hall–Kier alpha value is -3.30. The average molecular weight is 427 g/mol. The summed E-state index contributed by atoms with van der Waals surface area (Å²) in [5.74, 6) is -1.05. The lowest BCUT2D eigenvalue weighted by Crippen LogP contribution is -2.19. The molecule has 0 atom stereocenters. The maximum Gasteiger partial charge on any atom is 0.337 e. The Morgan fingerprint density at radius 2 is 1.77 bits per heavy atom. The number of benzene rings is 2. The van der Waals surface area contributed by atoms with E-state index in [1.54, 1.807) is 25.3 Å². The van der Waals surface area contributed by atoms with E-state index in [1.807, 2.05) is 16.7 Å². The molecule has 9 heteroatoms. The van der Waals surface area contributed by atoms with E-state index in [0.29, 0.717) is 34.8 Å². The molecule has 1 heterocycles. The fraction of sp³-hybridized carbons (Fsp3) is 0.238. The Labute approximate surface area is 176 Å². The van der Waals surface area contributed by atoms with Gasteiger partial charge in [0.15, 0.2) is 4.80 Å². The van der Waals surface area contributed by atoms with Crippen LogP contribution in [-0.4, -0.2) is 43.2 Å². The first-order valence-corrected chi connectivity index (χ1v) is 9.92. The second-order valence-corrected chi connectivity index (χ2v) is 7.39. The Balaban J connectivity index is 2.01. The molecule has 0 aliphatic heterocycles. The zero-order chi connectivity index (χ0) is 21.7. The summed E-state index contributed by atoms with van der Waals surface area (Å²) < 4.78 is 12.6. The van der Waals surface area contributed by atoms with Gasteiger partial charge in [0, 0.05) is 31.8 Å². The minimum absolute atomic E-state index is 0.159. The molecule has 0 bridgehead atoms. The molecule has 0 unspecified atom stereocenters. The summed E-state index contributed by atoms with van der Waals surface area (Å²) in [6, 6.07) is 11.7. The molecule has 3 rings (SSSR count). The number of hydrogen-bond acceptors (Lipinski definition) is 6. The fourth-order valence-electron chi connectivity index (χ4n) is 2.86. The highest BCUT2D eigenvalue weighted by molar-refractivity contribution is 7.16. The van der Waals surface area contributed by atoms with Crippen molar-refractivity contribution in [3.8, 4) is 0 Å². The molecule has 0 saturated heterocycles. The lowest BCUT2D eigenvalue weighted by molar-refractivity contribution is -0.114. The summed E-state index contributed by atoms with van der Waals surface area (Å²) in [7, 11) is 2.91. The number of esters is 1. The van der Waals surface area contributed by atoms with E-state index in [1.165, 1.54) is 37.5 Å². The van der Waals surface area contributed by atoms with Gasteiger partial charge in [0.1, 0.15) is 0 Å². The number of methoxy groups -OCH3 is 2. The molecular weight excluding hydrogens is 406 g/mol. The number of thiazole rings is 1. The first-order valence-electron chi connectivity index (χ1n) is 9.10. The first kappa shape index (κ1) is 21.4. The van der Waals surface area contributed by atoms with Crippen LogP contribution in [0.4, 0.5) is 5.69 Å². The van der Waals surface area contributed by atoms with Gasteiger partial charge in [-0.1, -0.05) is 11.3 Å². The Kier molecular flexibility index (Phi) is 6.76. The SMILES string of the molecule is COCCn1c(=NC(=O)c2ccc(C(=O)OC)cc2)sc2cc(NC(C)=O)ccc21. The van der Waals surface area contributed by atoms with Crippen molar-refractivity contribution >= 4 is 45.0 Å². The number of aromatic nitrogens is 1. The van der Waals surface area contributed by atoms with Crippen LogP contribution < -0.4 is 10.1 Å². The number of amides is 2. The molecule has 30 heavy (non-hydrogen) atoms. The van der Waals surface area contributed by atoms with Gasteiger partial charge in [-0.25, -0.2) is 4.79 Å². The highest BCUT2D eigenvalue weighted by Gasteiger charge is 2.12. The maximum absolute atomic E-state index is 12.7. The van der Waals surface area contributed by atoms with Crippen LogP contribution >= 0.6 is 11.3 Å². The molecule has 0 aliphatic rings. The van der Waals surface area contributed by atoms with Crippen LogP contribution in [0.25, 0.3) is 10.2 Å². The van der Waals surface area contributed by atoms with Crippen LogP contribution in [0.15, 0.2) is 47.5 Å². The van der Waals surface area contributed by atoms with E-state index in [-0.39, 0.29) is 5.91 Å². The third-order valence-corrected chi connectivity index (χ3v) is 5.31. The van der Waals surface area contributed by atoms with E-state index < -0.39 is 11.9 Å². The topological polar surface area (TPSA) is 99.0 Å². The normalized spacial score (nSPS) is 11.5. The lowest BCUT2D eigenvalue weighted by atomic mass is 10.1. The fourth-order valence-corrected chi connectivity index (χ4v) is 3.95. The smallest absolute Gasteiger partial charge is 0.337 e. The monoisotopic (exact) mass is 427 g/mol. The van der Waals surface area contributed by atoms with Gasteiger partial charge in [-0.2, -0.15) is 4.99 Å². The average Bonchev–Trinajstić information content (AvgIpc) is 3.07. The minimum atomic E-state index is -0.470. The number of anilines is 1. The van der Waals surface area contributed by atoms with Gasteiger partial charge in [-0.05, 0) is 42.5 Å². The number of ether oxygens (including phenoxy) is 2.